The van der Waals surface area contributed by atoms with E-state index < -0.39 is 0 Å². The van der Waals surface area contributed by atoms with E-state index in [0.717, 1.165) is 18.6 Å². The Balaban J connectivity index is 1.83. The van der Waals surface area contributed by atoms with E-state index in [2.05, 4.69) is 24.0 Å². The van der Waals surface area contributed by atoms with Gasteiger partial charge in [0.05, 0.1) is 12.2 Å². The maximum absolute atomic E-state index is 11.5. The van der Waals surface area contributed by atoms with Gasteiger partial charge in [0.1, 0.15) is 5.78 Å². The zero-order valence-corrected chi connectivity index (χ0v) is 10.4. The summed E-state index contributed by atoms with van der Waals surface area (Å²) >= 11 is 1.77. The normalized spacial score (nSPS) is 15.7. The predicted octanol–water partition coefficient (Wildman–Crippen LogP) is 2.23. The quantitative estimate of drug-likeness (QED) is 0.763. The van der Waals surface area contributed by atoms with E-state index in [4.69, 9.17) is 4.52 Å². The summed E-state index contributed by atoms with van der Waals surface area (Å²) in [5.41, 5.74) is 0. The van der Waals surface area contributed by atoms with Crippen molar-refractivity contribution in [2.24, 2.45) is 5.92 Å². The topological polar surface area (TPSA) is 56.0 Å². The van der Waals surface area contributed by atoms with Crippen LogP contribution in [0.15, 0.2) is 4.52 Å². The Kier molecular flexibility index (Phi) is 3.63. The van der Waals surface area contributed by atoms with Crippen molar-refractivity contribution >= 4 is 17.5 Å². The summed E-state index contributed by atoms with van der Waals surface area (Å²) in [4.78, 5) is 15.7. The van der Waals surface area contributed by atoms with Crippen molar-refractivity contribution in [1.29, 1.82) is 0 Å². The molecule has 0 atom stereocenters. The summed E-state index contributed by atoms with van der Waals surface area (Å²) in [6.45, 7) is 4.25. The molecule has 1 aliphatic carbocycles. The molecule has 1 aromatic heterocycles. The lowest BCUT2D eigenvalue weighted by Gasteiger charge is -1.98. The molecule has 0 spiro atoms. The first-order valence-corrected chi connectivity index (χ1v) is 6.66. The third kappa shape index (κ3) is 3.33. The first-order chi connectivity index (χ1) is 7.65. The van der Waals surface area contributed by atoms with Gasteiger partial charge in [-0.1, -0.05) is 19.0 Å². The van der Waals surface area contributed by atoms with Gasteiger partial charge in [-0.05, 0) is 18.1 Å². The van der Waals surface area contributed by atoms with E-state index in [0.29, 0.717) is 23.4 Å². The van der Waals surface area contributed by atoms with Crippen LogP contribution in [-0.2, 0) is 17.0 Å². The molecule has 88 valence electrons. The first-order valence-electron chi connectivity index (χ1n) is 5.61. The van der Waals surface area contributed by atoms with Crippen LogP contribution in [0.25, 0.3) is 0 Å². The second-order valence-corrected chi connectivity index (χ2v) is 5.95. The fraction of sp³-hybridized carbons (Fsp3) is 0.727. The van der Waals surface area contributed by atoms with Gasteiger partial charge in [0.2, 0.25) is 5.89 Å². The number of rotatable bonds is 6. The van der Waals surface area contributed by atoms with Crippen molar-refractivity contribution in [1.82, 2.24) is 10.1 Å². The number of thioether (sulfide) groups is 1. The van der Waals surface area contributed by atoms with Gasteiger partial charge in [0, 0.05) is 5.92 Å². The molecule has 0 unspecified atom stereocenters. The Labute approximate surface area is 99.2 Å². The molecule has 0 amide bonds. The second-order valence-electron chi connectivity index (χ2n) is 4.38. The lowest BCUT2D eigenvalue weighted by molar-refractivity contribution is -0.119. The summed E-state index contributed by atoms with van der Waals surface area (Å²) in [5.74, 6) is 2.42. The standard InChI is InChI=1S/C11H16N2O2S/c1-7(2)16-6-10-12-11(15-13-10)5-9(14)8-3-4-8/h7-8H,3-6H2,1-2H3. The van der Waals surface area contributed by atoms with Crippen LogP contribution in [-0.4, -0.2) is 21.2 Å². The van der Waals surface area contributed by atoms with Crippen LogP contribution >= 0.6 is 11.8 Å². The van der Waals surface area contributed by atoms with E-state index >= 15 is 0 Å². The Morgan fingerprint density at radius 3 is 2.94 bits per heavy atom. The fourth-order valence-electron chi connectivity index (χ4n) is 1.36. The monoisotopic (exact) mass is 240 g/mol. The number of nitrogens with zero attached hydrogens (tertiary/aromatic N) is 2. The Bertz CT molecular complexity index is 372. The van der Waals surface area contributed by atoms with Gasteiger partial charge in [-0.15, -0.1) is 0 Å². The van der Waals surface area contributed by atoms with Crippen molar-refractivity contribution in [3.8, 4) is 0 Å². The lowest BCUT2D eigenvalue weighted by Crippen LogP contribution is -2.04. The smallest absolute Gasteiger partial charge is 0.234 e. The molecule has 1 aromatic rings. The zero-order chi connectivity index (χ0) is 11.5. The summed E-state index contributed by atoms with van der Waals surface area (Å²) in [6, 6.07) is 0. The molecule has 5 heteroatoms. The largest absolute Gasteiger partial charge is 0.339 e. The molecule has 0 saturated heterocycles. The van der Waals surface area contributed by atoms with Gasteiger partial charge in [-0.25, -0.2) is 0 Å². The Morgan fingerprint density at radius 2 is 2.31 bits per heavy atom. The number of hydrogen-bond donors (Lipinski definition) is 0. The average molecular weight is 240 g/mol. The van der Waals surface area contributed by atoms with Crippen LogP contribution in [0.2, 0.25) is 0 Å². The molecule has 2 rings (SSSR count). The third-order valence-corrected chi connectivity index (χ3v) is 3.51. The molecule has 0 N–H and O–H groups in total. The summed E-state index contributed by atoms with van der Waals surface area (Å²) in [7, 11) is 0. The van der Waals surface area contributed by atoms with Gasteiger partial charge in [-0.3, -0.25) is 4.79 Å². The van der Waals surface area contributed by atoms with Crippen LogP contribution in [0.1, 0.15) is 38.4 Å². The van der Waals surface area contributed by atoms with Crippen molar-refractivity contribution in [2.45, 2.75) is 44.1 Å². The molecule has 0 radical (unpaired) electrons. The number of carbonyl (C=O) groups excluding carboxylic acids is 1. The van der Waals surface area contributed by atoms with E-state index in [9.17, 15) is 4.79 Å². The molecule has 0 aromatic carbocycles. The molecule has 1 aliphatic rings. The summed E-state index contributed by atoms with van der Waals surface area (Å²) < 4.78 is 5.05. The van der Waals surface area contributed by atoms with Crippen molar-refractivity contribution < 1.29 is 9.32 Å². The summed E-state index contributed by atoms with van der Waals surface area (Å²) in [6.07, 6.45) is 2.37. The molecule has 0 aliphatic heterocycles. The molecule has 1 heterocycles. The number of hydrogen-bond acceptors (Lipinski definition) is 5. The van der Waals surface area contributed by atoms with Crippen LogP contribution in [0.3, 0.4) is 0 Å². The second kappa shape index (κ2) is 4.99. The molecule has 16 heavy (non-hydrogen) atoms. The van der Waals surface area contributed by atoms with Crippen LogP contribution in [0, 0.1) is 5.92 Å². The lowest BCUT2D eigenvalue weighted by atomic mass is 10.2. The first kappa shape index (κ1) is 11.6. The maximum atomic E-state index is 11.5. The van der Waals surface area contributed by atoms with Crippen LogP contribution < -0.4 is 0 Å². The van der Waals surface area contributed by atoms with Crippen LogP contribution in [0.5, 0.6) is 0 Å². The SMILES string of the molecule is CC(C)SCc1noc(CC(=O)C2CC2)n1. The maximum Gasteiger partial charge on any atom is 0.234 e. The summed E-state index contributed by atoms with van der Waals surface area (Å²) in [5, 5.41) is 4.41. The van der Waals surface area contributed by atoms with E-state index in [1.54, 1.807) is 11.8 Å². The number of ketones is 1. The zero-order valence-electron chi connectivity index (χ0n) is 9.60. The van der Waals surface area contributed by atoms with E-state index in [1.807, 2.05) is 0 Å². The highest BCUT2D eigenvalue weighted by Gasteiger charge is 2.30. The fourth-order valence-corrected chi connectivity index (χ4v) is 1.96. The minimum absolute atomic E-state index is 0.242. The highest BCUT2D eigenvalue weighted by atomic mass is 32.2. The van der Waals surface area contributed by atoms with E-state index in [-0.39, 0.29) is 11.7 Å². The average Bonchev–Trinajstić information content (AvgIpc) is 2.98. The molecular formula is C11H16N2O2S. The van der Waals surface area contributed by atoms with Gasteiger partial charge in [0.15, 0.2) is 5.82 Å². The van der Waals surface area contributed by atoms with Gasteiger partial charge in [0.25, 0.3) is 0 Å². The van der Waals surface area contributed by atoms with Gasteiger partial charge < -0.3 is 4.52 Å². The van der Waals surface area contributed by atoms with Crippen molar-refractivity contribution in [3.63, 3.8) is 0 Å². The Hall–Kier alpha value is -0.840. The molecule has 4 nitrogen and oxygen atoms in total. The number of aromatic nitrogens is 2. The third-order valence-electron chi connectivity index (χ3n) is 2.41. The van der Waals surface area contributed by atoms with Gasteiger partial charge in [-0.2, -0.15) is 16.7 Å². The van der Waals surface area contributed by atoms with Gasteiger partial charge >= 0.3 is 0 Å². The minimum Gasteiger partial charge on any atom is -0.339 e. The molecule has 1 fully saturated rings. The number of Topliss-reactive ketones (excluding diaryl/α,β-unsaturated/α-hetero) is 1. The highest BCUT2D eigenvalue weighted by molar-refractivity contribution is 7.99. The Morgan fingerprint density at radius 1 is 1.56 bits per heavy atom. The van der Waals surface area contributed by atoms with Crippen molar-refractivity contribution in [3.05, 3.63) is 11.7 Å². The molecular weight excluding hydrogens is 224 g/mol. The highest BCUT2D eigenvalue weighted by Crippen LogP contribution is 2.30. The van der Waals surface area contributed by atoms with E-state index in [1.165, 1.54) is 0 Å². The minimum atomic E-state index is 0.242. The van der Waals surface area contributed by atoms with Crippen molar-refractivity contribution in [2.75, 3.05) is 0 Å². The predicted molar refractivity (Wildman–Crippen MR) is 62.2 cm³/mol. The molecule has 1 saturated carbocycles. The number of carbonyl (C=O) groups is 1. The molecule has 0 bridgehead atoms. The van der Waals surface area contributed by atoms with Crippen LogP contribution in [0.4, 0.5) is 0 Å².